The molecule has 0 saturated heterocycles. The third-order valence-electron chi connectivity index (χ3n) is 5.02. The number of aryl methyl sites for hydroxylation is 2. The summed E-state index contributed by atoms with van der Waals surface area (Å²) in [6, 6.07) is 7.33. The molecular weight excluding hydrogens is 340 g/mol. The van der Waals surface area contributed by atoms with Crippen molar-refractivity contribution >= 4 is 6.08 Å². The van der Waals surface area contributed by atoms with Gasteiger partial charge in [-0.15, -0.1) is 6.58 Å². The van der Waals surface area contributed by atoms with Crippen LogP contribution in [-0.2, 0) is 0 Å². The first-order valence-corrected chi connectivity index (χ1v) is 9.39. The summed E-state index contributed by atoms with van der Waals surface area (Å²) in [7, 11) is 0. The highest BCUT2D eigenvalue weighted by Crippen LogP contribution is 2.30. The van der Waals surface area contributed by atoms with Crippen molar-refractivity contribution in [3.63, 3.8) is 0 Å². The Labute approximate surface area is 161 Å². The number of aromatic hydroxyl groups is 1. The summed E-state index contributed by atoms with van der Waals surface area (Å²) in [4.78, 5) is 0. The van der Waals surface area contributed by atoms with Gasteiger partial charge in [-0.3, -0.25) is 0 Å². The fraction of sp³-hybridized carbons (Fsp3) is 0.391. The van der Waals surface area contributed by atoms with Crippen molar-refractivity contribution in [2.45, 2.75) is 52.2 Å². The minimum Gasteiger partial charge on any atom is -0.507 e. The molecule has 4 nitrogen and oxygen atoms in total. The van der Waals surface area contributed by atoms with E-state index in [1.165, 1.54) is 11.8 Å². The average Bonchev–Trinajstić information content (AvgIpc) is 3.18. The van der Waals surface area contributed by atoms with Gasteiger partial charge in [-0.1, -0.05) is 24.6 Å². The molecule has 2 rings (SSSR count). The van der Waals surface area contributed by atoms with Crippen molar-refractivity contribution in [3.05, 3.63) is 71.2 Å². The second-order valence-corrected chi connectivity index (χ2v) is 7.04. The lowest BCUT2D eigenvalue weighted by atomic mass is 9.89. The Kier molecular flexibility index (Phi) is 7.45. The molecule has 3 N–H and O–H groups in total. The molecule has 0 bridgehead atoms. The van der Waals surface area contributed by atoms with E-state index in [-0.39, 0.29) is 0 Å². The second-order valence-electron chi connectivity index (χ2n) is 7.04. The minimum absolute atomic E-state index is 0.335. The number of furan rings is 1. The number of phenolic OH excluding ortho intramolecular Hbond substituents is 1. The molecule has 1 aromatic carbocycles. The molecule has 1 heterocycles. The van der Waals surface area contributed by atoms with Crippen LogP contribution in [0.2, 0.25) is 0 Å². The molecule has 2 aromatic rings. The Morgan fingerprint density at radius 3 is 2.41 bits per heavy atom. The van der Waals surface area contributed by atoms with Gasteiger partial charge in [0.2, 0.25) is 0 Å². The van der Waals surface area contributed by atoms with Crippen molar-refractivity contribution in [3.8, 4) is 5.75 Å². The number of benzene rings is 1. The Morgan fingerprint density at radius 1 is 1.22 bits per heavy atom. The molecule has 3 atom stereocenters. The molecular formula is C23H30O4. The van der Waals surface area contributed by atoms with Crippen LogP contribution in [0.15, 0.2) is 53.2 Å². The number of hydrogen-bond acceptors (Lipinski definition) is 4. The highest BCUT2D eigenvalue weighted by molar-refractivity contribution is 5.58. The summed E-state index contributed by atoms with van der Waals surface area (Å²) in [6.07, 6.45) is 5.66. The van der Waals surface area contributed by atoms with E-state index in [4.69, 9.17) is 4.42 Å². The zero-order valence-corrected chi connectivity index (χ0v) is 16.4. The number of rotatable bonds is 9. The quantitative estimate of drug-likeness (QED) is 0.539. The maximum atomic E-state index is 10.6. The van der Waals surface area contributed by atoms with Crippen molar-refractivity contribution in [2.75, 3.05) is 0 Å². The summed E-state index contributed by atoms with van der Waals surface area (Å²) >= 11 is 0. The molecule has 0 aliphatic carbocycles. The average molecular weight is 370 g/mol. The Bertz CT molecular complexity index is 751. The molecule has 0 fully saturated rings. The van der Waals surface area contributed by atoms with Crippen LogP contribution in [0.3, 0.4) is 0 Å². The Hall–Kier alpha value is -2.30. The molecule has 27 heavy (non-hydrogen) atoms. The van der Waals surface area contributed by atoms with Crippen LogP contribution in [-0.4, -0.2) is 21.4 Å². The van der Waals surface area contributed by atoms with Gasteiger partial charge in [0.15, 0.2) is 0 Å². The monoisotopic (exact) mass is 370 g/mol. The fourth-order valence-electron chi connectivity index (χ4n) is 3.33. The molecule has 0 spiro atoms. The summed E-state index contributed by atoms with van der Waals surface area (Å²) in [5.74, 6) is 0.272. The van der Waals surface area contributed by atoms with Gasteiger partial charge in [-0.25, -0.2) is 0 Å². The molecule has 0 aliphatic heterocycles. The predicted molar refractivity (Wildman–Crippen MR) is 108 cm³/mol. The van der Waals surface area contributed by atoms with Gasteiger partial charge in [-0.05, 0) is 74.1 Å². The van der Waals surface area contributed by atoms with Crippen LogP contribution in [0.4, 0.5) is 0 Å². The zero-order chi connectivity index (χ0) is 20.0. The third-order valence-corrected chi connectivity index (χ3v) is 5.02. The Morgan fingerprint density at radius 2 is 1.89 bits per heavy atom. The molecule has 0 unspecified atom stereocenters. The van der Waals surface area contributed by atoms with Crippen LogP contribution in [0, 0.1) is 19.8 Å². The maximum Gasteiger partial charge on any atom is 0.132 e. The van der Waals surface area contributed by atoms with Crippen LogP contribution >= 0.6 is 0 Å². The van der Waals surface area contributed by atoms with Crippen LogP contribution in [0.5, 0.6) is 5.75 Å². The largest absolute Gasteiger partial charge is 0.507 e. The molecule has 1 aromatic heterocycles. The van der Waals surface area contributed by atoms with E-state index in [9.17, 15) is 15.3 Å². The second kappa shape index (κ2) is 9.58. The molecule has 4 heteroatoms. The van der Waals surface area contributed by atoms with E-state index in [1.807, 2.05) is 26.0 Å². The van der Waals surface area contributed by atoms with E-state index in [0.717, 1.165) is 23.1 Å². The smallest absolute Gasteiger partial charge is 0.132 e. The highest BCUT2D eigenvalue weighted by Gasteiger charge is 2.27. The lowest BCUT2D eigenvalue weighted by Gasteiger charge is -2.24. The van der Waals surface area contributed by atoms with Crippen molar-refractivity contribution < 1.29 is 19.7 Å². The predicted octanol–water partition coefficient (Wildman–Crippen LogP) is 5.07. The first-order valence-electron chi connectivity index (χ1n) is 9.39. The van der Waals surface area contributed by atoms with Gasteiger partial charge in [-0.2, -0.15) is 0 Å². The van der Waals surface area contributed by atoms with E-state index in [1.54, 1.807) is 18.2 Å². The van der Waals surface area contributed by atoms with Gasteiger partial charge in [0.05, 0.1) is 12.4 Å². The van der Waals surface area contributed by atoms with Crippen LogP contribution in [0.1, 0.15) is 54.7 Å². The van der Waals surface area contributed by atoms with Crippen molar-refractivity contribution in [1.82, 2.24) is 0 Å². The zero-order valence-electron chi connectivity index (χ0n) is 16.4. The minimum atomic E-state index is -0.913. The summed E-state index contributed by atoms with van der Waals surface area (Å²) in [6.45, 7) is 9.62. The normalized spacial score (nSPS) is 15.4. The number of phenols is 1. The van der Waals surface area contributed by atoms with Crippen LogP contribution < -0.4 is 0 Å². The fourth-order valence-corrected chi connectivity index (χ4v) is 3.33. The van der Waals surface area contributed by atoms with Gasteiger partial charge >= 0.3 is 0 Å². The van der Waals surface area contributed by atoms with Gasteiger partial charge in [0, 0.05) is 5.92 Å². The molecule has 0 radical (unpaired) electrons. The van der Waals surface area contributed by atoms with Crippen molar-refractivity contribution in [1.29, 1.82) is 0 Å². The lowest BCUT2D eigenvalue weighted by Crippen LogP contribution is -2.25. The maximum absolute atomic E-state index is 10.6. The summed E-state index contributed by atoms with van der Waals surface area (Å²) < 4.78 is 5.25. The molecule has 0 saturated carbocycles. The van der Waals surface area contributed by atoms with E-state index in [0.29, 0.717) is 24.4 Å². The first-order chi connectivity index (χ1) is 12.9. The number of aliphatic hydroxyl groups is 2. The molecule has 0 aliphatic rings. The van der Waals surface area contributed by atoms with E-state index in [2.05, 4.69) is 19.6 Å². The van der Waals surface area contributed by atoms with Crippen LogP contribution in [0.25, 0.3) is 6.08 Å². The first kappa shape index (κ1) is 21.0. The number of aliphatic hydroxyl groups excluding tert-OH is 2. The number of hydrogen-bond donors (Lipinski definition) is 3. The third kappa shape index (κ3) is 5.34. The van der Waals surface area contributed by atoms with Gasteiger partial charge in [0.25, 0.3) is 0 Å². The topological polar surface area (TPSA) is 73.8 Å². The highest BCUT2D eigenvalue weighted by atomic mass is 16.4. The summed E-state index contributed by atoms with van der Waals surface area (Å²) in [5.41, 5.74) is 3.95. The van der Waals surface area contributed by atoms with E-state index < -0.39 is 18.1 Å². The van der Waals surface area contributed by atoms with E-state index >= 15 is 0 Å². The molecule has 146 valence electrons. The SMILES string of the molecule is C=C[C@H]([C@H](O)CC/C(=C/c1cc(C)c(O)c(C)c1)CC)[C@H](O)c1ccco1. The van der Waals surface area contributed by atoms with Gasteiger partial charge in [0.1, 0.15) is 17.6 Å². The lowest BCUT2D eigenvalue weighted by molar-refractivity contribution is 0.0208. The van der Waals surface area contributed by atoms with Crippen molar-refractivity contribution in [2.24, 2.45) is 5.92 Å². The molecule has 0 amide bonds. The number of allylic oxidation sites excluding steroid dienone is 1. The van der Waals surface area contributed by atoms with Gasteiger partial charge < -0.3 is 19.7 Å². The standard InChI is InChI=1S/C23H30O4/c1-5-17(14-18-12-15(3)22(25)16(4)13-18)9-10-20(24)19(6-2)23(26)21-8-7-11-27-21/h6-8,11-14,19-20,23-26H,2,5,9-10H2,1,3-4H3/b17-14+/t19-,20-,23+/m1/s1. The summed E-state index contributed by atoms with van der Waals surface area (Å²) in [5, 5.41) is 30.9. The Balaban J connectivity index is 2.06.